The lowest BCUT2D eigenvalue weighted by molar-refractivity contribution is 0.282. The smallest absolute Gasteiger partial charge is 0.316 e. The van der Waals surface area contributed by atoms with Crippen LogP contribution in [0.5, 0.6) is 6.01 Å². The first kappa shape index (κ1) is 11.4. The summed E-state index contributed by atoms with van der Waals surface area (Å²) in [4.78, 5) is 7.92. The van der Waals surface area contributed by atoms with Crippen LogP contribution in [-0.4, -0.2) is 22.4 Å². The van der Waals surface area contributed by atoms with Crippen molar-refractivity contribution >= 4 is 5.84 Å². The summed E-state index contributed by atoms with van der Waals surface area (Å²) < 4.78 is 5.32. The van der Waals surface area contributed by atoms with Crippen LogP contribution < -0.4 is 10.5 Å². The zero-order valence-corrected chi connectivity index (χ0v) is 8.86. The molecule has 0 unspecified atom stereocenters. The Morgan fingerprint density at radius 1 is 1.53 bits per heavy atom. The number of hydrogen-bond donors (Lipinski definition) is 2. The highest BCUT2D eigenvalue weighted by Crippen LogP contribution is 2.04. The number of nitrogens with one attached hydrogen (secondary N) is 1. The molecule has 0 fully saturated rings. The summed E-state index contributed by atoms with van der Waals surface area (Å²) in [6.45, 7) is 2.74. The van der Waals surface area contributed by atoms with Crippen molar-refractivity contribution in [3.8, 4) is 6.01 Å². The molecule has 1 aromatic rings. The zero-order valence-electron chi connectivity index (χ0n) is 8.86. The van der Waals surface area contributed by atoms with Gasteiger partial charge in [-0.15, -0.1) is 0 Å². The van der Waals surface area contributed by atoms with Crippen molar-refractivity contribution < 1.29 is 4.74 Å². The van der Waals surface area contributed by atoms with Gasteiger partial charge in [-0.05, 0) is 12.5 Å². The maximum atomic E-state index is 7.21. The van der Waals surface area contributed by atoms with E-state index in [-0.39, 0.29) is 5.84 Å². The van der Waals surface area contributed by atoms with Gasteiger partial charge in [-0.25, -0.2) is 4.98 Å². The van der Waals surface area contributed by atoms with Gasteiger partial charge in [-0.1, -0.05) is 19.8 Å². The second kappa shape index (κ2) is 5.95. The van der Waals surface area contributed by atoms with E-state index in [0.717, 1.165) is 19.3 Å². The van der Waals surface area contributed by atoms with Crippen molar-refractivity contribution in [1.29, 1.82) is 5.41 Å². The molecule has 0 saturated carbocycles. The quantitative estimate of drug-likeness (QED) is 0.419. The lowest BCUT2D eigenvalue weighted by atomic mass is 10.3. The zero-order chi connectivity index (χ0) is 11.1. The van der Waals surface area contributed by atoms with Gasteiger partial charge in [-0.3, -0.25) is 5.41 Å². The maximum absolute atomic E-state index is 7.21. The highest BCUT2D eigenvalue weighted by Gasteiger charge is 2.01. The summed E-state index contributed by atoms with van der Waals surface area (Å²) in [6.07, 6.45) is 4.81. The first-order valence-electron chi connectivity index (χ1n) is 5.04. The normalized spacial score (nSPS) is 9.93. The summed E-state index contributed by atoms with van der Waals surface area (Å²) in [5, 5.41) is 7.21. The Balaban J connectivity index is 2.47. The molecule has 1 rings (SSSR count). The lowest BCUT2D eigenvalue weighted by Crippen LogP contribution is -2.14. The van der Waals surface area contributed by atoms with Crippen LogP contribution in [0.3, 0.4) is 0 Å². The van der Waals surface area contributed by atoms with Crippen molar-refractivity contribution in [2.24, 2.45) is 5.73 Å². The molecule has 5 heteroatoms. The molecule has 0 aliphatic rings. The molecule has 0 spiro atoms. The molecule has 0 aromatic carbocycles. The Morgan fingerprint density at radius 3 is 3.00 bits per heavy atom. The molecule has 3 N–H and O–H groups in total. The third kappa shape index (κ3) is 3.93. The van der Waals surface area contributed by atoms with Crippen LogP contribution in [0, 0.1) is 5.41 Å². The number of amidine groups is 1. The Morgan fingerprint density at radius 2 is 2.33 bits per heavy atom. The molecule has 1 aromatic heterocycles. The van der Waals surface area contributed by atoms with Gasteiger partial charge in [-0.2, -0.15) is 4.98 Å². The Bertz CT molecular complexity index is 327. The first-order chi connectivity index (χ1) is 7.24. The van der Waals surface area contributed by atoms with Crippen LogP contribution in [0.25, 0.3) is 0 Å². The van der Waals surface area contributed by atoms with Gasteiger partial charge in [0.15, 0.2) is 0 Å². The molecule has 15 heavy (non-hydrogen) atoms. The van der Waals surface area contributed by atoms with Gasteiger partial charge in [0.25, 0.3) is 0 Å². The van der Waals surface area contributed by atoms with E-state index in [1.807, 2.05) is 0 Å². The van der Waals surface area contributed by atoms with E-state index in [4.69, 9.17) is 15.9 Å². The number of nitrogen functional groups attached to an aromatic ring is 1. The molecule has 0 aliphatic heterocycles. The van der Waals surface area contributed by atoms with Crippen LogP contribution in [0.1, 0.15) is 31.9 Å². The Hall–Kier alpha value is -1.65. The van der Waals surface area contributed by atoms with Crippen LogP contribution in [0.2, 0.25) is 0 Å². The van der Waals surface area contributed by atoms with E-state index >= 15 is 0 Å². The van der Waals surface area contributed by atoms with Crippen molar-refractivity contribution in [2.75, 3.05) is 6.61 Å². The molecule has 5 nitrogen and oxygen atoms in total. The number of unbranched alkanes of at least 4 members (excludes halogenated alkanes) is 2. The molecule has 0 saturated heterocycles. The van der Waals surface area contributed by atoms with Crippen molar-refractivity contribution in [3.05, 3.63) is 18.0 Å². The van der Waals surface area contributed by atoms with E-state index < -0.39 is 0 Å². The minimum atomic E-state index is -0.0733. The Labute approximate surface area is 89.2 Å². The van der Waals surface area contributed by atoms with Gasteiger partial charge in [0.1, 0.15) is 11.5 Å². The minimum Gasteiger partial charge on any atom is -0.463 e. The van der Waals surface area contributed by atoms with Crippen LogP contribution in [-0.2, 0) is 0 Å². The third-order valence-electron chi connectivity index (χ3n) is 1.89. The fourth-order valence-corrected chi connectivity index (χ4v) is 1.08. The number of rotatable bonds is 6. The SMILES string of the molecule is CCCCCOc1nccc(C(=N)N)n1. The molecule has 0 amide bonds. The fourth-order valence-electron chi connectivity index (χ4n) is 1.08. The standard InChI is InChI=1S/C10H16N4O/c1-2-3-4-7-15-10-13-6-5-8(14-10)9(11)12/h5-6H,2-4,7H2,1H3,(H3,11,12). The summed E-state index contributed by atoms with van der Waals surface area (Å²) in [5.41, 5.74) is 5.70. The largest absolute Gasteiger partial charge is 0.463 e. The van der Waals surface area contributed by atoms with Crippen molar-refractivity contribution in [1.82, 2.24) is 9.97 Å². The Kier molecular flexibility index (Phi) is 4.53. The second-order valence-electron chi connectivity index (χ2n) is 3.19. The molecule has 1 heterocycles. The third-order valence-corrected chi connectivity index (χ3v) is 1.89. The number of hydrogen-bond acceptors (Lipinski definition) is 4. The molecule has 82 valence electrons. The van der Waals surface area contributed by atoms with Crippen molar-refractivity contribution in [2.45, 2.75) is 26.2 Å². The summed E-state index contributed by atoms with van der Waals surface area (Å²) >= 11 is 0. The second-order valence-corrected chi connectivity index (χ2v) is 3.19. The number of aromatic nitrogens is 2. The average Bonchev–Trinajstić information content (AvgIpc) is 2.25. The van der Waals surface area contributed by atoms with E-state index in [1.54, 1.807) is 12.3 Å². The van der Waals surface area contributed by atoms with Gasteiger partial charge in [0.2, 0.25) is 0 Å². The predicted molar refractivity (Wildman–Crippen MR) is 58.1 cm³/mol. The lowest BCUT2D eigenvalue weighted by Gasteiger charge is -2.04. The summed E-state index contributed by atoms with van der Waals surface area (Å²) in [5.74, 6) is -0.0733. The molecular formula is C10H16N4O. The highest BCUT2D eigenvalue weighted by molar-refractivity contribution is 5.92. The maximum Gasteiger partial charge on any atom is 0.316 e. The predicted octanol–water partition coefficient (Wildman–Crippen LogP) is 1.33. The summed E-state index contributed by atoms with van der Waals surface area (Å²) in [7, 11) is 0. The first-order valence-corrected chi connectivity index (χ1v) is 5.04. The van der Waals surface area contributed by atoms with E-state index in [9.17, 15) is 0 Å². The average molecular weight is 208 g/mol. The van der Waals surface area contributed by atoms with E-state index in [1.165, 1.54) is 0 Å². The van der Waals surface area contributed by atoms with Crippen LogP contribution in [0.15, 0.2) is 12.3 Å². The van der Waals surface area contributed by atoms with E-state index in [2.05, 4.69) is 16.9 Å². The van der Waals surface area contributed by atoms with Crippen molar-refractivity contribution in [3.63, 3.8) is 0 Å². The number of nitrogens with two attached hydrogens (primary N) is 1. The molecule has 0 bridgehead atoms. The molecular weight excluding hydrogens is 192 g/mol. The fraction of sp³-hybridized carbons (Fsp3) is 0.500. The minimum absolute atomic E-state index is 0.0733. The monoisotopic (exact) mass is 208 g/mol. The summed E-state index contributed by atoms with van der Waals surface area (Å²) in [6, 6.07) is 1.88. The molecule has 0 radical (unpaired) electrons. The molecule has 0 aliphatic carbocycles. The van der Waals surface area contributed by atoms with Gasteiger partial charge in [0, 0.05) is 6.20 Å². The van der Waals surface area contributed by atoms with E-state index in [0.29, 0.717) is 18.3 Å². The van der Waals surface area contributed by atoms with Crippen LogP contribution in [0.4, 0.5) is 0 Å². The number of nitrogens with zero attached hydrogens (tertiary/aromatic N) is 2. The van der Waals surface area contributed by atoms with Crippen LogP contribution >= 0.6 is 0 Å². The van der Waals surface area contributed by atoms with Gasteiger partial charge < -0.3 is 10.5 Å². The van der Waals surface area contributed by atoms with Gasteiger partial charge >= 0.3 is 6.01 Å². The topological polar surface area (TPSA) is 84.9 Å². The van der Waals surface area contributed by atoms with Gasteiger partial charge in [0.05, 0.1) is 6.61 Å². The number of ether oxygens (including phenoxy) is 1. The highest BCUT2D eigenvalue weighted by atomic mass is 16.5. The molecule has 0 atom stereocenters.